The van der Waals surface area contributed by atoms with Gasteiger partial charge < -0.3 is 19.5 Å². The lowest BCUT2D eigenvalue weighted by Crippen LogP contribution is -1.99. The van der Waals surface area contributed by atoms with Gasteiger partial charge in [0.2, 0.25) is 5.95 Å². The Balaban J connectivity index is 1.91. The summed E-state index contributed by atoms with van der Waals surface area (Å²) in [5.41, 5.74) is 1.68. The molecule has 0 unspecified atom stereocenters. The number of aromatic nitrogens is 2. The van der Waals surface area contributed by atoms with Gasteiger partial charge in [0.05, 0.1) is 31.9 Å². The number of rotatable bonds is 7. The molecular weight excluding hydrogens is 364 g/mol. The SMILES string of the molecule is COc1ccc(Nc2nccc(-c3ccc(OC)c([N+](=O)[O-])c3)n2)cc1OC. The summed E-state index contributed by atoms with van der Waals surface area (Å²) in [7, 11) is 4.50. The maximum atomic E-state index is 11.2. The number of nitrogens with one attached hydrogen (secondary N) is 1. The molecule has 3 aromatic rings. The molecule has 1 aromatic heterocycles. The lowest BCUT2D eigenvalue weighted by atomic mass is 10.1. The van der Waals surface area contributed by atoms with Crippen LogP contribution in [0.2, 0.25) is 0 Å². The van der Waals surface area contributed by atoms with E-state index in [9.17, 15) is 10.1 Å². The number of anilines is 2. The van der Waals surface area contributed by atoms with Crippen LogP contribution in [0.5, 0.6) is 17.2 Å². The third-order valence-corrected chi connectivity index (χ3v) is 3.97. The molecule has 1 N–H and O–H groups in total. The van der Waals surface area contributed by atoms with Crippen LogP contribution >= 0.6 is 0 Å². The van der Waals surface area contributed by atoms with Crippen molar-refractivity contribution >= 4 is 17.3 Å². The second-order valence-electron chi connectivity index (χ2n) is 5.60. The van der Waals surface area contributed by atoms with Crippen LogP contribution in [-0.2, 0) is 0 Å². The number of nitrogens with zero attached hydrogens (tertiary/aromatic N) is 3. The molecule has 28 heavy (non-hydrogen) atoms. The molecule has 0 aliphatic rings. The Bertz CT molecular complexity index is 1010. The number of nitro groups is 1. The Morgan fingerprint density at radius 1 is 0.929 bits per heavy atom. The molecule has 2 aromatic carbocycles. The number of ether oxygens (including phenoxy) is 3. The van der Waals surface area contributed by atoms with E-state index in [1.165, 1.54) is 19.2 Å². The highest BCUT2D eigenvalue weighted by atomic mass is 16.6. The molecule has 0 bridgehead atoms. The summed E-state index contributed by atoms with van der Waals surface area (Å²) in [6.07, 6.45) is 1.57. The van der Waals surface area contributed by atoms with Gasteiger partial charge in [0, 0.05) is 29.6 Å². The molecule has 0 radical (unpaired) electrons. The van der Waals surface area contributed by atoms with E-state index >= 15 is 0 Å². The number of hydrogen-bond acceptors (Lipinski definition) is 8. The fourth-order valence-corrected chi connectivity index (χ4v) is 2.61. The number of nitro benzene ring substituents is 1. The van der Waals surface area contributed by atoms with E-state index in [1.54, 1.807) is 50.7 Å². The van der Waals surface area contributed by atoms with E-state index in [-0.39, 0.29) is 11.4 Å². The zero-order valence-corrected chi connectivity index (χ0v) is 15.5. The minimum Gasteiger partial charge on any atom is -0.493 e. The lowest BCUT2D eigenvalue weighted by molar-refractivity contribution is -0.385. The highest BCUT2D eigenvalue weighted by Gasteiger charge is 2.16. The average molecular weight is 382 g/mol. The monoisotopic (exact) mass is 382 g/mol. The minimum absolute atomic E-state index is 0.131. The lowest BCUT2D eigenvalue weighted by Gasteiger charge is -2.11. The van der Waals surface area contributed by atoms with Gasteiger partial charge >= 0.3 is 5.69 Å². The molecule has 0 saturated heterocycles. The number of methoxy groups -OCH3 is 3. The Kier molecular flexibility index (Phi) is 5.54. The molecule has 3 rings (SSSR count). The van der Waals surface area contributed by atoms with Gasteiger partial charge in [-0.25, -0.2) is 9.97 Å². The van der Waals surface area contributed by atoms with Gasteiger partial charge in [-0.1, -0.05) is 0 Å². The summed E-state index contributed by atoms with van der Waals surface area (Å²) in [6.45, 7) is 0. The van der Waals surface area contributed by atoms with Crippen LogP contribution in [0, 0.1) is 10.1 Å². The van der Waals surface area contributed by atoms with E-state index in [4.69, 9.17) is 14.2 Å². The molecule has 1 heterocycles. The molecule has 0 fully saturated rings. The second kappa shape index (κ2) is 8.21. The predicted octanol–water partition coefficient (Wildman–Crippen LogP) is 3.82. The highest BCUT2D eigenvalue weighted by molar-refractivity contribution is 5.67. The summed E-state index contributed by atoms with van der Waals surface area (Å²) in [6, 6.07) is 11.7. The first kappa shape index (κ1) is 18.9. The van der Waals surface area contributed by atoms with Crippen molar-refractivity contribution in [2.75, 3.05) is 26.6 Å². The third-order valence-electron chi connectivity index (χ3n) is 3.97. The van der Waals surface area contributed by atoms with Crippen molar-refractivity contribution in [3.05, 3.63) is 58.8 Å². The van der Waals surface area contributed by atoms with E-state index in [1.807, 2.05) is 0 Å². The van der Waals surface area contributed by atoms with Gasteiger partial charge in [-0.2, -0.15) is 0 Å². The van der Waals surface area contributed by atoms with Crippen LogP contribution in [0.4, 0.5) is 17.3 Å². The maximum absolute atomic E-state index is 11.2. The molecule has 0 saturated carbocycles. The quantitative estimate of drug-likeness (QED) is 0.485. The van der Waals surface area contributed by atoms with Crippen molar-refractivity contribution < 1.29 is 19.1 Å². The van der Waals surface area contributed by atoms with E-state index in [2.05, 4.69) is 15.3 Å². The maximum Gasteiger partial charge on any atom is 0.311 e. The summed E-state index contributed by atoms with van der Waals surface area (Å²) in [5.74, 6) is 1.69. The first-order valence-electron chi connectivity index (χ1n) is 8.20. The zero-order valence-electron chi connectivity index (χ0n) is 15.5. The van der Waals surface area contributed by atoms with Crippen molar-refractivity contribution in [2.45, 2.75) is 0 Å². The number of hydrogen-bond donors (Lipinski definition) is 1. The highest BCUT2D eigenvalue weighted by Crippen LogP contribution is 2.33. The fourth-order valence-electron chi connectivity index (χ4n) is 2.61. The van der Waals surface area contributed by atoms with Gasteiger partial charge in [0.25, 0.3) is 0 Å². The molecule has 0 amide bonds. The van der Waals surface area contributed by atoms with Gasteiger partial charge in [-0.3, -0.25) is 10.1 Å². The molecular formula is C19H18N4O5. The largest absolute Gasteiger partial charge is 0.493 e. The van der Waals surface area contributed by atoms with Gasteiger partial charge in [0.15, 0.2) is 17.2 Å². The fraction of sp³-hybridized carbons (Fsp3) is 0.158. The Morgan fingerprint density at radius 2 is 1.64 bits per heavy atom. The Hall–Kier alpha value is -3.88. The zero-order chi connectivity index (χ0) is 20.1. The number of benzene rings is 2. The van der Waals surface area contributed by atoms with Crippen LogP contribution in [0.1, 0.15) is 0 Å². The van der Waals surface area contributed by atoms with Crippen molar-refractivity contribution in [3.8, 4) is 28.5 Å². The van der Waals surface area contributed by atoms with E-state index in [0.29, 0.717) is 34.4 Å². The Morgan fingerprint density at radius 3 is 2.32 bits per heavy atom. The van der Waals surface area contributed by atoms with Crippen molar-refractivity contribution in [1.82, 2.24) is 9.97 Å². The smallest absolute Gasteiger partial charge is 0.311 e. The normalized spacial score (nSPS) is 10.2. The van der Waals surface area contributed by atoms with Gasteiger partial charge in [-0.15, -0.1) is 0 Å². The molecule has 9 heteroatoms. The summed E-state index contributed by atoms with van der Waals surface area (Å²) < 4.78 is 15.5. The van der Waals surface area contributed by atoms with Crippen molar-refractivity contribution in [3.63, 3.8) is 0 Å². The van der Waals surface area contributed by atoms with Gasteiger partial charge in [-0.05, 0) is 30.3 Å². The average Bonchev–Trinajstić information content (AvgIpc) is 2.73. The predicted molar refractivity (Wildman–Crippen MR) is 104 cm³/mol. The first-order chi connectivity index (χ1) is 13.5. The minimum atomic E-state index is -0.494. The molecule has 144 valence electrons. The molecule has 0 atom stereocenters. The Labute approximate surface area is 161 Å². The molecule has 0 aliphatic heterocycles. The second-order valence-corrected chi connectivity index (χ2v) is 5.60. The van der Waals surface area contributed by atoms with Gasteiger partial charge in [0.1, 0.15) is 0 Å². The van der Waals surface area contributed by atoms with Crippen molar-refractivity contribution in [1.29, 1.82) is 0 Å². The van der Waals surface area contributed by atoms with Crippen LogP contribution in [0.15, 0.2) is 48.7 Å². The first-order valence-corrected chi connectivity index (χ1v) is 8.20. The summed E-state index contributed by atoms with van der Waals surface area (Å²) >= 11 is 0. The molecule has 0 spiro atoms. The topological polar surface area (TPSA) is 109 Å². The van der Waals surface area contributed by atoms with Crippen LogP contribution < -0.4 is 19.5 Å². The summed E-state index contributed by atoms with van der Waals surface area (Å²) in [5, 5.41) is 14.3. The molecule has 0 aliphatic carbocycles. The van der Waals surface area contributed by atoms with Crippen LogP contribution in [0.25, 0.3) is 11.3 Å². The van der Waals surface area contributed by atoms with Crippen LogP contribution in [0.3, 0.4) is 0 Å². The standard InChI is InChI=1S/C19H18N4O5/c1-26-16-6-4-12(10-15(16)23(24)25)14-8-9-20-19(22-14)21-13-5-7-17(27-2)18(11-13)28-3/h4-11H,1-3H3,(H,20,21,22). The van der Waals surface area contributed by atoms with Crippen molar-refractivity contribution in [2.24, 2.45) is 0 Å². The molecule has 9 nitrogen and oxygen atoms in total. The van der Waals surface area contributed by atoms with E-state index < -0.39 is 4.92 Å². The van der Waals surface area contributed by atoms with Crippen LogP contribution in [-0.4, -0.2) is 36.2 Å². The van der Waals surface area contributed by atoms with E-state index in [0.717, 1.165) is 0 Å². The third kappa shape index (κ3) is 3.93. The summed E-state index contributed by atoms with van der Waals surface area (Å²) in [4.78, 5) is 19.4.